The summed E-state index contributed by atoms with van der Waals surface area (Å²) in [5.41, 5.74) is 2.31. The van der Waals surface area contributed by atoms with Crippen molar-refractivity contribution in [3.05, 3.63) is 47.4 Å². The molecule has 1 fully saturated rings. The molecule has 0 amide bonds. The minimum atomic E-state index is 0.411. The summed E-state index contributed by atoms with van der Waals surface area (Å²) < 4.78 is 16.7. The lowest BCUT2D eigenvalue weighted by Gasteiger charge is -2.11. The van der Waals surface area contributed by atoms with Crippen LogP contribution in [0, 0.1) is 6.92 Å². The number of rotatable bonds is 7. The minimum absolute atomic E-state index is 0.411. The van der Waals surface area contributed by atoms with Gasteiger partial charge >= 0.3 is 0 Å². The first-order chi connectivity index (χ1) is 10.3. The van der Waals surface area contributed by atoms with Crippen LogP contribution in [-0.4, -0.2) is 13.2 Å². The maximum Gasteiger partial charge on any atom is 0.161 e. The minimum Gasteiger partial charge on any atom is -0.493 e. The van der Waals surface area contributed by atoms with E-state index in [-0.39, 0.29) is 0 Å². The molecule has 1 N–H and O–H groups in total. The molecule has 0 saturated heterocycles. The Bertz CT molecular complexity index is 602. The van der Waals surface area contributed by atoms with Crippen molar-refractivity contribution in [2.24, 2.45) is 0 Å². The van der Waals surface area contributed by atoms with Crippen LogP contribution in [0.15, 0.2) is 34.9 Å². The van der Waals surface area contributed by atoms with Crippen molar-refractivity contribution in [3.8, 4) is 11.5 Å². The Morgan fingerprint density at radius 2 is 2.10 bits per heavy atom. The number of nitrogens with one attached hydrogen (secondary N) is 1. The largest absolute Gasteiger partial charge is 0.493 e. The quantitative estimate of drug-likeness (QED) is 0.847. The van der Waals surface area contributed by atoms with Crippen LogP contribution in [0.5, 0.6) is 11.5 Å². The van der Waals surface area contributed by atoms with Crippen LogP contribution in [0.2, 0.25) is 0 Å². The molecule has 0 aliphatic heterocycles. The molecule has 0 spiro atoms. The van der Waals surface area contributed by atoms with E-state index in [1.807, 2.05) is 31.2 Å². The van der Waals surface area contributed by atoms with Crippen molar-refractivity contribution < 1.29 is 13.9 Å². The van der Waals surface area contributed by atoms with E-state index in [2.05, 4.69) is 5.32 Å². The fourth-order valence-electron chi connectivity index (χ4n) is 2.23. The molecule has 0 bridgehead atoms. The molecule has 1 aromatic carbocycles. The highest BCUT2D eigenvalue weighted by Crippen LogP contribution is 2.29. The summed E-state index contributed by atoms with van der Waals surface area (Å²) in [6, 6.07) is 8.59. The van der Waals surface area contributed by atoms with Gasteiger partial charge in [0.05, 0.1) is 13.4 Å². The molecule has 1 aliphatic rings. The number of furan rings is 1. The Morgan fingerprint density at radius 1 is 1.24 bits per heavy atom. The van der Waals surface area contributed by atoms with E-state index in [0.717, 1.165) is 34.9 Å². The maximum absolute atomic E-state index is 5.84. The molecule has 0 unspecified atom stereocenters. The van der Waals surface area contributed by atoms with Crippen LogP contribution in [-0.2, 0) is 13.2 Å². The number of benzene rings is 1. The normalized spacial score (nSPS) is 14.2. The average Bonchev–Trinajstić information content (AvgIpc) is 3.22. The highest BCUT2D eigenvalue weighted by Gasteiger charge is 2.21. The first-order valence-electron chi connectivity index (χ1n) is 7.32. The van der Waals surface area contributed by atoms with Gasteiger partial charge in [-0.2, -0.15) is 0 Å². The number of ether oxygens (including phenoxy) is 2. The van der Waals surface area contributed by atoms with E-state index in [1.54, 1.807) is 13.4 Å². The van der Waals surface area contributed by atoms with Gasteiger partial charge in [0.1, 0.15) is 12.4 Å². The summed E-state index contributed by atoms with van der Waals surface area (Å²) in [7, 11) is 1.65. The van der Waals surface area contributed by atoms with Gasteiger partial charge in [0.25, 0.3) is 0 Å². The summed E-state index contributed by atoms with van der Waals surface area (Å²) >= 11 is 0. The first kappa shape index (κ1) is 14.0. The van der Waals surface area contributed by atoms with Crippen LogP contribution in [0.3, 0.4) is 0 Å². The second-order valence-corrected chi connectivity index (χ2v) is 5.47. The van der Waals surface area contributed by atoms with Gasteiger partial charge in [-0.1, -0.05) is 6.07 Å². The summed E-state index contributed by atoms with van der Waals surface area (Å²) in [5, 5.41) is 3.49. The molecule has 4 nitrogen and oxygen atoms in total. The van der Waals surface area contributed by atoms with Gasteiger partial charge in [-0.15, -0.1) is 0 Å². The van der Waals surface area contributed by atoms with Crippen molar-refractivity contribution in [2.75, 3.05) is 7.11 Å². The molecular weight excluding hydrogens is 266 g/mol. The van der Waals surface area contributed by atoms with Crippen molar-refractivity contribution in [3.63, 3.8) is 0 Å². The number of methoxy groups -OCH3 is 1. The molecule has 3 rings (SSSR count). The zero-order valence-corrected chi connectivity index (χ0v) is 12.5. The molecule has 1 aromatic heterocycles. The van der Waals surface area contributed by atoms with Crippen LogP contribution in [0.4, 0.5) is 0 Å². The topological polar surface area (TPSA) is 43.6 Å². The van der Waals surface area contributed by atoms with Gasteiger partial charge in [-0.3, -0.25) is 0 Å². The summed E-state index contributed by atoms with van der Waals surface area (Å²) in [6.07, 6.45) is 4.28. The number of hydrogen-bond acceptors (Lipinski definition) is 4. The molecule has 0 atom stereocenters. The van der Waals surface area contributed by atoms with Crippen LogP contribution in [0.1, 0.15) is 29.7 Å². The molecule has 4 heteroatoms. The van der Waals surface area contributed by atoms with Gasteiger partial charge in [0.2, 0.25) is 0 Å². The van der Waals surface area contributed by atoms with E-state index in [0.29, 0.717) is 12.6 Å². The Labute approximate surface area is 125 Å². The summed E-state index contributed by atoms with van der Waals surface area (Å²) in [6.45, 7) is 3.28. The third-order valence-electron chi connectivity index (χ3n) is 3.67. The monoisotopic (exact) mass is 287 g/mol. The smallest absolute Gasteiger partial charge is 0.161 e. The highest BCUT2D eigenvalue weighted by molar-refractivity contribution is 5.42. The van der Waals surface area contributed by atoms with Crippen LogP contribution < -0.4 is 14.8 Å². The molecule has 21 heavy (non-hydrogen) atoms. The van der Waals surface area contributed by atoms with Gasteiger partial charge in [0, 0.05) is 18.2 Å². The van der Waals surface area contributed by atoms with E-state index in [4.69, 9.17) is 13.9 Å². The van der Waals surface area contributed by atoms with Gasteiger partial charge in [-0.25, -0.2) is 0 Å². The van der Waals surface area contributed by atoms with Crippen molar-refractivity contribution >= 4 is 0 Å². The third kappa shape index (κ3) is 3.58. The Balaban J connectivity index is 1.63. The molecule has 1 aliphatic carbocycles. The van der Waals surface area contributed by atoms with Crippen LogP contribution >= 0.6 is 0 Å². The predicted molar refractivity (Wildman–Crippen MR) is 80.6 cm³/mol. The standard InChI is InChI=1S/C17H21NO3/c1-12-3-6-15(16(9-12)19-2)21-11-17-13(7-8-20-17)10-18-14-4-5-14/h3,6-9,14,18H,4-5,10-11H2,1-2H3. The molecular formula is C17H21NO3. The van der Waals surface area contributed by atoms with E-state index in [1.165, 1.54) is 12.8 Å². The third-order valence-corrected chi connectivity index (χ3v) is 3.67. The number of aryl methyl sites for hydroxylation is 1. The maximum atomic E-state index is 5.84. The lowest BCUT2D eigenvalue weighted by molar-refractivity contribution is 0.254. The van der Waals surface area contributed by atoms with Crippen molar-refractivity contribution in [2.45, 2.75) is 39.0 Å². The van der Waals surface area contributed by atoms with Crippen molar-refractivity contribution in [1.82, 2.24) is 5.32 Å². The molecule has 112 valence electrons. The van der Waals surface area contributed by atoms with Gasteiger partial charge in [-0.05, 0) is 43.5 Å². The van der Waals surface area contributed by atoms with E-state index >= 15 is 0 Å². The molecule has 0 radical (unpaired) electrons. The molecule has 1 saturated carbocycles. The van der Waals surface area contributed by atoms with Gasteiger partial charge < -0.3 is 19.2 Å². The second-order valence-electron chi connectivity index (χ2n) is 5.47. The zero-order chi connectivity index (χ0) is 14.7. The van der Waals surface area contributed by atoms with E-state index in [9.17, 15) is 0 Å². The van der Waals surface area contributed by atoms with Crippen molar-refractivity contribution in [1.29, 1.82) is 0 Å². The van der Waals surface area contributed by atoms with E-state index < -0.39 is 0 Å². The molecule has 2 aromatic rings. The predicted octanol–water partition coefficient (Wildman–Crippen LogP) is 3.43. The SMILES string of the molecule is COc1cc(C)ccc1OCc1occc1CNC1CC1. The highest BCUT2D eigenvalue weighted by atomic mass is 16.5. The summed E-state index contributed by atoms with van der Waals surface area (Å²) in [4.78, 5) is 0. The second kappa shape index (κ2) is 6.22. The lowest BCUT2D eigenvalue weighted by Crippen LogP contribution is -2.16. The van der Waals surface area contributed by atoms with Crippen LogP contribution in [0.25, 0.3) is 0 Å². The summed E-state index contributed by atoms with van der Waals surface area (Å²) in [5.74, 6) is 2.35. The fourth-order valence-corrected chi connectivity index (χ4v) is 2.23. The Morgan fingerprint density at radius 3 is 2.86 bits per heavy atom. The first-order valence-corrected chi connectivity index (χ1v) is 7.32. The number of hydrogen-bond donors (Lipinski definition) is 1. The Kier molecular flexibility index (Phi) is 4.15. The zero-order valence-electron chi connectivity index (χ0n) is 12.5. The fraction of sp³-hybridized carbons (Fsp3) is 0.412. The lowest BCUT2D eigenvalue weighted by atomic mass is 10.2. The Hall–Kier alpha value is -1.94. The average molecular weight is 287 g/mol. The van der Waals surface area contributed by atoms with Gasteiger partial charge in [0.15, 0.2) is 11.5 Å². The molecule has 1 heterocycles.